The summed E-state index contributed by atoms with van der Waals surface area (Å²) in [5.41, 5.74) is 6.65. The number of rotatable bonds is 7. The molecule has 0 aliphatic heterocycles. The highest BCUT2D eigenvalue weighted by Crippen LogP contribution is 2.24. The van der Waals surface area contributed by atoms with Crippen LogP contribution >= 0.6 is 0 Å². The smallest absolute Gasteiger partial charge is 0.138 e. The molecule has 1 aliphatic carbocycles. The van der Waals surface area contributed by atoms with E-state index in [1.807, 2.05) is 19.1 Å². The normalized spacial score (nSPS) is 18.6. The van der Waals surface area contributed by atoms with Crippen LogP contribution in [0.5, 0.6) is 0 Å². The summed E-state index contributed by atoms with van der Waals surface area (Å²) < 4.78 is 15.2. The maximum absolute atomic E-state index is 15.2. The molecule has 0 amide bonds. The van der Waals surface area contributed by atoms with Gasteiger partial charge in [0, 0.05) is 22.2 Å². The maximum Gasteiger partial charge on any atom is 0.138 e. The summed E-state index contributed by atoms with van der Waals surface area (Å²) in [7, 11) is 0. The Morgan fingerprint density at radius 3 is 2.55 bits per heavy atom. The molecule has 0 aromatic heterocycles. The Labute approximate surface area is 199 Å². The summed E-state index contributed by atoms with van der Waals surface area (Å²) in [6, 6.07) is 10.9. The van der Waals surface area contributed by atoms with Gasteiger partial charge < -0.3 is 5.32 Å². The van der Waals surface area contributed by atoms with Crippen molar-refractivity contribution in [2.45, 2.75) is 79.1 Å². The van der Waals surface area contributed by atoms with E-state index < -0.39 is 0 Å². The topological polar surface area (TPSA) is 12.0 Å². The first-order valence-electron chi connectivity index (χ1n) is 12.7. The van der Waals surface area contributed by atoms with Crippen molar-refractivity contribution < 1.29 is 4.39 Å². The molecule has 0 heterocycles. The second-order valence-electron chi connectivity index (χ2n) is 9.47. The number of fused-ring (bicyclic) bond motifs is 1. The molecule has 0 radical (unpaired) electrons. The SMILES string of the molecule is C=C(C)c1ccc2/c(c1F)=C\CCCC=C(Nc1cc(CC)cc(CCCC)c1)C(C)C/C=2. The molecule has 0 saturated carbocycles. The molecular weight excluding hydrogens is 405 g/mol. The molecule has 2 aromatic carbocycles. The van der Waals surface area contributed by atoms with Crippen molar-refractivity contribution in [1.82, 2.24) is 0 Å². The zero-order valence-electron chi connectivity index (χ0n) is 20.9. The minimum absolute atomic E-state index is 0.134. The second-order valence-corrected chi connectivity index (χ2v) is 9.47. The van der Waals surface area contributed by atoms with Crippen LogP contribution < -0.4 is 15.8 Å². The number of anilines is 1. The predicted molar refractivity (Wildman–Crippen MR) is 143 cm³/mol. The van der Waals surface area contributed by atoms with Crippen molar-refractivity contribution >= 4 is 23.4 Å². The van der Waals surface area contributed by atoms with Crippen LogP contribution in [0.4, 0.5) is 10.1 Å². The molecule has 0 bridgehead atoms. The Morgan fingerprint density at radius 1 is 1.06 bits per heavy atom. The lowest BCUT2D eigenvalue weighted by Gasteiger charge is -2.19. The summed E-state index contributed by atoms with van der Waals surface area (Å²) in [5.74, 6) is 0.189. The first-order chi connectivity index (χ1) is 15.9. The Bertz CT molecular complexity index is 1120. The zero-order valence-corrected chi connectivity index (χ0v) is 20.9. The average Bonchev–Trinajstić information content (AvgIpc) is 2.83. The van der Waals surface area contributed by atoms with Crippen LogP contribution in [-0.4, -0.2) is 0 Å². The number of benzene rings is 2. The van der Waals surface area contributed by atoms with E-state index >= 15 is 4.39 Å². The highest BCUT2D eigenvalue weighted by atomic mass is 19.1. The van der Waals surface area contributed by atoms with Gasteiger partial charge in [-0.2, -0.15) is 0 Å². The van der Waals surface area contributed by atoms with E-state index in [0.717, 1.165) is 54.5 Å². The van der Waals surface area contributed by atoms with Crippen molar-refractivity contribution in [3.05, 3.63) is 81.6 Å². The third-order valence-corrected chi connectivity index (χ3v) is 6.58. The van der Waals surface area contributed by atoms with Crippen LogP contribution in [0.3, 0.4) is 0 Å². The molecule has 2 aromatic rings. The van der Waals surface area contributed by atoms with Crippen LogP contribution in [0.25, 0.3) is 17.7 Å². The minimum Gasteiger partial charge on any atom is -0.359 e. The molecule has 3 rings (SSSR count). The fourth-order valence-electron chi connectivity index (χ4n) is 4.48. The number of aryl methyl sites for hydroxylation is 2. The largest absolute Gasteiger partial charge is 0.359 e. The van der Waals surface area contributed by atoms with E-state index in [-0.39, 0.29) is 5.82 Å². The quantitative estimate of drug-likeness (QED) is 0.464. The van der Waals surface area contributed by atoms with Crippen molar-refractivity contribution in [3.8, 4) is 0 Å². The lowest BCUT2D eigenvalue weighted by atomic mass is 9.99. The van der Waals surface area contributed by atoms with Gasteiger partial charge in [-0.25, -0.2) is 4.39 Å². The lowest BCUT2D eigenvalue weighted by molar-refractivity contribution is 0.612. The predicted octanol–water partition coefficient (Wildman–Crippen LogP) is 7.53. The zero-order chi connectivity index (χ0) is 23.8. The molecule has 1 N–H and O–H groups in total. The molecule has 1 nitrogen and oxygen atoms in total. The van der Waals surface area contributed by atoms with Crippen LogP contribution in [-0.2, 0) is 12.8 Å². The highest BCUT2D eigenvalue weighted by Gasteiger charge is 2.11. The van der Waals surface area contributed by atoms with E-state index in [0.29, 0.717) is 11.5 Å². The van der Waals surface area contributed by atoms with Crippen molar-refractivity contribution in [3.63, 3.8) is 0 Å². The summed E-state index contributed by atoms with van der Waals surface area (Å²) in [6.45, 7) is 12.5. The van der Waals surface area contributed by atoms with Gasteiger partial charge in [-0.1, -0.05) is 70.2 Å². The van der Waals surface area contributed by atoms with Gasteiger partial charge in [-0.3, -0.25) is 0 Å². The van der Waals surface area contributed by atoms with E-state index in [4.69, 9.17) is 0 Å². The van der Waals surface area contributed by atoms with Gasteiger partial charge in [0.15, 0.2) is 0 Å². The molecule has 0 spiro atoms. The minimum atomic E-state index is -0.134. The van der Waals surface area contributed by atoms with Crippen molar-refractivity contribution in [1.29, 1.82) is 0 Å². The van der Waals surface area contributed by atoms with Gasteiger partial charge >= 0.3 is 0 Å². The highest BCUT2D eigenvalue weighted by molar-refractivity contribution is 5.62. The van der Waals surface area contributed by atoms with Crippen LogP contribution in [0.2, 0.25) is 0 Å². The van der Waals surface area contributed by atoms with Gasteiger partial charge in [0.2, 0.25) is 0 Å². The summed E-state index contributed by atoms with van der Waals surface area (Å²) >= 11 is 0. The third kappa shape index (κ3) is 6.69. The summed E-state index contributed by atoms with van der Waals surface area (Å²) in [4.78, 5) is 0. The lowest BCUT2D eigenvalue weighted by Crippen LogP contribution is -2.29. The molecule has 33 heavy (non-hydrogen) atoms. The molecule has 1 aliphatic rings. The number of allylic oxidation sites excluding steroid dienone is 3. The van der Waals surface area contributed by atoms with Gasteiger partial charge in [0.25, 0.3) is 0 Å². The molecule has 0 saturated heterocycles. The number of nitrogens with one attached hydrogen (secondary N) is 1. The average molecular weight is 446 g/mol. The molecule has 176 valence electrons. The molecular formula is C31H40FN. The molecule has 1 atom stereocenters. The fraction of sp³-hybridized carbons (Fsp3) is 0.419. The molecule has 2 heteroatoms. The Morgan fingerprint density at radius 2 is 1.82 bits per heavy atom. The van der Waals surface area contributed by atoms with Crippen LogP contribution in [0.15, 0.2) is 48.7 Å². The van der Waals surface area contributed by atoms with Crippen molar-refractivity contribution in [2.24, 2.45) is 5.92 Å². The van der Waals surface area contributed by atoms with E-state index in [1.165, 1.54) is 35.4 Å². The molecule has 0 fully saturated rings. The first kappa shape index (κ1) is 25.0. The maximum atomic E-state index is 15.2. The first-order valence-corrected chi connectivity index (χ1v) is 12.7. The van der Waals surface area contributed by atoms with Gasteiger partial charge in [0.05, 0.1) is 0 Å². The number of unbranched alkanes of at least 4 members (excludes halogenated alkanes) is 1. The number of hydrogen-bond acceptors (Lipinski definition) is 1. The summed E-state index contributed by atoms with van der Waals surface area (Å²) in [6.07, 6.45) is 14.9. The number of hydrogen-bond donors (Lipinski definition) is 1. The van der Waals surface area contributed by atoms with Crippen LogP contribution in [0, 0.1) is 11.7 Å². The summed E-state index contributed by atoms with van der Waals surface area (Å²) in [5, 5.41) is 5.48. The Hall–Kier alpha value is -2.61. The standard InChI is InChI=1S/C31H40FN/c1-6-8-12-25-19-24(7-2)20-27(21-25)33-30-14-11-9-10-13-29-26(16-15-23(30)5)17-18-28(22(3)4)31(29)32/h13-14,16-21,23,33H,3,6-12,15H2,1-2,4-5H3/b26-16+,29-13+,30-14?. The fourth-order valence-corrected chi connectivity index (χ4v) is 4.48. The van der Waals surface area contributed by atoms with Crippen LogP contribution in [0.1, 0.15) is 82.9 Å². The van der Waals surface area contributed by atoms with E-state index in [9.17, 15) is 0 Å². The number of halogens is 1. The van der Waals surface area contributed by atoms with Gasteiger partial charge in [-0.15, -0.1) is 0 Å². The van der Waals surface area contributed by atoms with E-state index in [2.05, 4.69) is 69.1 Å². The van der Waals surface area contributed by atoms with Crippen molar-refractivity contribution in [2.75, 3.05) is 5.32 Å². The molecule has 1 unspecified atom stereocenters. The Kier molecular flexibility index (Phi) is 9.11. The second kappa shape index (κ2) is 12.0. The van der Waals surface area contributed by atoms with Gasteiger partial charge in [-0.05, 0) is 91.8 Å². The monoisotopic (exact) mass is 445 g/mol. The van der Waals surface area contributed by atoms with E-state index in [1.54, 1.807) is 0 Å². The third-order valence-electron chi connectivity index (χ3n) is 6.58. The van der Waals surface area contributed by atoms with Gasteiger partial charge in [0.1, 0.15) is 5.82 Å². The Balaban J connectivity index is 1.90.